The molecule has 164 valence electrons. The van der Waals surface area contributed by atoms with Crippen molar-refractivity contribution in [2.75, 3.05) is 14.2 Å². The van der Waals surface area contributed by atoms with Crippen LogP contribution in [0, 0.1) is 0 Å². The average molecular weight is 440 g/mol. The minimum absolute atomic E-state index is 0. The highest BCUT2D eigenvalue weighted by molar-refractivity contribution is 6.12. The van der Waals surface area contributed by atoms with Crippen LogP contribution < -0.4 is 10.1 Å². The fourth-order valence-electron chi connectivity index (χ4n) is 5.50. The summed E-state index contributed by atoms with van der Waals surface area (Å²) in [6.07, 6.45) is 4.58. The molecule has 2 atom stereocenters. The second-order valence-corrected chi connectivity index (χ2v) is 8.72. The van der Waals surface area contributed by atoms with E-state index in [2.05, 4.69) is 34.0 Å². The van der Waals surface area contributed by atoms with Crippen LogP contribution in [0.4, 0.5) is 0 Å². The first-order chi connectivity index (χ1) is 14.6. The van der Waals surface area contributed by atoms with Crippen LogP contribution in [-0.4, -0.2) is 47.7 Å². The number of nitrogens with zero attached hydrogens (tertiary/aromatic N) is 2. The maximum Gasteiger partial charge on any atom is 0.254 e. The predicted molar refractivity (Wildman–Crippen MR) is 127 cm³/mol. The van der Waals surface area contributed by atoms with Crippen LogP contribution in [0.3, 0.4) is 0 Å². The van der Waals surface area contributed by atoms with Gasteiger partial charge in [0.1, 0.15) is 5.75 Å². The molecule has 0 saturated carbocycles. The summed E-state index contributed by atoms with van der Waals surface area (Å²) in [4.78, 5) is 16.1. The molecule has 2 aliphatic rings. The summed E-state index contributed by atoms with van der Waals surface area (Å²) in [6.45, 7) is 0. The van der Waals surface area contributed by atoms with Crippen molar-refractivity contribution in [3.63, 3.8) is 0 Å². The second-order valence-electron chi connectivity index (χ2n) is 8.72. The summed E-state index contributed by atoms with van der Waals surface area (Å²) in [5.74, 6) is 0.844. The van der Waals surface area contributed by atoms with Gasteiger partial charge in [-0.2, -0.15) is 0 Å². The lowest BCUT2D eigenvalue weighted by atomic mass is 9.97. The van der Waals surface area contributed by atoms with Gasteiger partial charge in [-0.05, 0) is 68.6 Å². The van der Waals surface area contributed by atoms with Crippen LogP contribution >= 0.6 is 12.4 Å². The quantitative estimate of drug-likeness (QED) is 0.644. The van der Waals surface area contributed by atoms with Crippen LogP contribution in [0.2, 0.25) is 0 Å². The van der Waals surface area contributed by atoms with E-state index in [9.17, 15) is 4.79 Å². The molecule has 0 radical (unpaired) electrons. The first-order valence-electron chi connectivity index (χ1n) is 10.8. The lowest BCUT2D eigenvalue weighted by Gasteiger charge is -2.36. The number of para-hydroxylation sites is 1. The fraction of sp³-hybridized carbons (Fsp3) is 0.400. The average Bonchev–Trinajstić information content (AvgIpc) is 3.15. The molecule has 2 unspecified atom stereocenters. The Bertz CT molecular complexity index is 1080. The smallest absolute Gasteiger partial charge is 0.254 e. The molecule has 3 aromatic rings. The Morgan fingerprint density at radius 3 is 2.29 bits per heavy atom. The number of amides is 1. The van der Waals surface area contributed by atoms with Gasteiger partial charge in [-0.3, -0.25) is 4.79 Å². The third-order valence-electron chi connectivity index (χ3n) is 7.13. The normalized spacial score (nSPS) is 22.9. The van der Waals surface area contributed by atoms with Gasteiger partial charge < -0.3 is 19.5 Å². The molecule has 31 heavy (non-hydrogen) atoms. The molecular formula is C25H30ClN3O2. The maximum atomic E-state index is 13.6. The monoisotopic (exact) mass is 439 g/mol. The zero-order valence-electron chi connectivity index (χ0n) is 18.3. The number of nitrogens with one attached hydrogen (secondary N) is 1. The van der Waals surface area contributed by atoms with Crippen molar-refractivity contribution in [2.24, 2.45) is 7.05 Å². The van der Waals surface area contributed by atoms with E-state index in [0.717, 1.165) is 46.3 Å². The highest BCUT2D eigenvalue weighted by atomic mass is 35.5. The number of hydrogen-bond acceptors (Lipinski definition) is 3. The van der Waals surface area contributed by atoms with Crippen molar-refractivity contribution < 1.29 is 9.53 Å². The number of benzene rings is 2. The fourth-order valence-corrected chi connectivity index (χ4v) is 5.50. The van der Waals surface area contributed by atoms with Gasteiger partial charge in [-0.1, -0.05) is 18.2 Å². The summed E-state index contributed by atoms with van der Waals surface area (Å²) in [6, 6.07) is 17.6. The number of carbonyl (C=O) groups is 1. The minimum atomic E-state index is 0. The van der Waals surface area contributed by atoms with Gasteiger partial charge in [-0.15, -0.1) is 12.4 Å². The number of fused-ring (bicyclic) bond motifs is 3. The predicted octanol–water partition coefficient (Wildman–Crippen LogP) is 4.63. The van der Waals surface area contributed by atoms with E-state index < -0.39 is 0 Å². The topological polar surface area (TPSA) is 46.5 Å². The lowest BCUT2D eigenvalue weighted by molar-refractivity contribution is 0.0884. The number of piperidine rings is 1. The SMILES string of the molecule is COc1ccc(-c2c(C(=O)NC3CC4CCC(C3)N4C)c3ccccc3n2C)cc1.Cl. The molecule has 1 aromatic heterocycles. The summed E-state index contributed by atoms with van der Waals surface area (Å²) in [5.41, 5.74) is 3.80. The van der Waals surface area contributed by atoms with E-state index >= 15 is 0 Å². The second kappa shape index (κ2) is 8.56. The Hall–Kier alpha value is -2.50. The molecule has 2 saturated heterocycles. The Balaban J connectivity index is 0.00000231. The molecule has 2 aromatic carbocycles. The summed E-state index contributed by atoms with van der Waals surface area (Å²) < 4.78 is 7.45. The Morgan fingerprint density at radius 2 is 1.65 bits per heavy atom. The Kier molecular flexibility index (Phi) is 6.00. The van der Waals surface area contributed by atoms with E-state index in [4.69, 9.17) is 4.74 Å². The van der Waals surface area contributed by atoms with Crippen molar-refractivity contribution in [1.82, 2.24) is 14.8 Å². The van der Waals surface area contributed by atoms with Gasteiger partial charge in [0.15, 0.2) is 0 Å². The molecule has 6 heteroatoms. The number of aromatic nitrogens is 1. The Labute approximate surface area is 189 Å². The minimum Gasteiger partial charge on any atom is -0.497 e. The molecule has 2 fully saturated rings. The maximum absolute atomic E-state index is 13.6. The molecule has 2 bridgehead atoms. The number of rotatable bonds is 4. The summed E-state index contributed by atoms with van der Waals surface area (Å²) in [5, 5.41) is 4.39. The van der Waals surface area contributed by atoms with Crippen LogP contribution in [0.5, 0.6) is 5.75 Å². The van der Waals surface area contributed by atoms with Crippen molar-refractivity contribution in [3.8, 4) is 17.0 Å². The van der Waals surface area contributed by atoms with E-state index in [1.54, 1.807) is 7.11 Å². The number of hydrogen-bond donors (Lipinski definition) is 1. The summed E-state index contributed by atoms with van der Waals surface area (Å²) in [7, 11) is 5.93. The zero-order chi connectivity index (χ0) is 20.8. The number of ether oxygens (including phenoxy) is 1. The molecule has 3 heterocycles. The molecular weight excluding hydrogens is 410 g/mol. The van der Waals surface area contributed by atoms with Crippen LogP contribution in [0.15, 0.2) is 48.5 Å². The van der Waals surface area contributed by atoms with Gasteiger partial charge in [-0.25, -0.2) is 0 Å². The van der Waals surface area contributed by atoms with Gasteiger partial charge >= 0.3 is 0 Å². The molecule has 0 spiro atoms. The lowest BCUT2D eigenvalue weighted by Crippen LogP contribution is -2.48. The first kappa shape index (κ1) is 21.7. The zero-order valence-corrected chi connectivity index (χ0v) is 19.1. The Morgan fingerprint density at radius 1 is 1.00 bits per heavy atom. The van der Waals surface area contributed by atoms with Crippen molar-refractivity contribution in [3.05, 3.63) is 54.1 Å². The first-order valence-corrected chi connectivity index (χ1v) is 10.8. The third-order valence-corrected chi connectivity index (χ3v) is 7.13. The van der Waals surface area contributed by atoms with Gasteiger partial charge in [0.2, 0.25) is 0 Å². The molecule has 1 N–H and O–H groups in total. The number of carbonyl (C=O) groups excluding carboxylic acids is 1. The summed E-state index contributed by atoms with van der Waals surface area (Å²) >= 11 is 0. The van der Waals surface area contributed by atoms with Gasteiger partial charge in [0, 0.05) is 36.1 Å². The van der Waals surface area contributed by atoms with E-state index in [1.165, 1.54) is 12.8 Å². The molecule has 5 nitrogen and oxygen atoms in total. The molecule has 5 rings (SSSR count). The standard InChI is InChI=1S/C25H29N3O2.ClH/c1-27-18-10-11-19(27)15-17(14-18)26-25(29)23-21-6-4-5-7-22(21)28(2)24(23)16-8-12-20(30-3)13-9-16;/h4-9,12-13,17-19H,10-11,14-15H2,1-3H3,(H,26,29);1H. The van der Waals surface area contributed by atoms with Gasteiger partial charge in [0.25, 0.3) is 5.91 Å². The van der Waals surface area contributed by atoms with E-state index in [0.29, 0.717) is 12.1 Å². The van der Waals surface area contributed by atoms with Crippen LogP contribution in [0.25, 0.3) is 22.2 Å². The molecule has 1 amide bonds. The third kappa shape index (κ3) is 3.70. The van der Waals surface area contributed by atoms with Crippen molar-refractivity contribution >= 4 is 29.2 Å². The van der Waals surface area contributed by atoms with E-state index in [-0.39, 0.29) is 24.4 Å². The number of methoxy groups -OCH3 is 1. The highest BCUT2D eigenvalue weighted by Gasteiger charge is 2.39. The molecule has 2 aliphatic heterocycles. The largest absolute Gasteiger partial charge is 0.497 e. The van der Waals surface area contributed by atoms with Crippen molar-refractivity contribution in [2.45, 2.75) is 43.8 Å². The van der Waals surface area contributed by atoms with Gasteiger partial charge in [0.05, 0.1) is 18.4 Å². The highest BCUT2D eigenvalue weighted by Crippen LogP contribution is 2.36. The number of halogens is 1. The van der Waals surface area contributed by atoms with E-state index in [1.807, 2.05) is 43.4 Å². The number of aryl methyl sites for hydroxylation is 1. The van der Waals surface area contributed by atoms with Crippen molar-refractivity contribution in [1.29, 1.82) is 0 Å². The van der Waals surface area contributed by atoms with Crippen LogP contribution in [0.1, 0.15) is 36.0 Å². The van der Waals surface area contributed by atoms with Crippen LogP contribution in [-0.2, 0) is 7.05 Å². The molecule has 0 aliphatic carbocycles.